The molecule has 7 nitrogen and oxygen atoms in total. The first-order chi connectivity index (χ1) is 14.0. The second-order valence-electron chi connectivity index (χ2n) is 6.54. The molecule has 0 aliphatic carbocycles. The molecule has 1 aliphatic heterocycles. The predicted molar refractivity (Wildman–Crippen MR) is 112 cm³/mol. The average Bonchev–Trinajstić information content (AvgIpc) is 3.27. The van der Waals surface area contributed by atoms with E-state index in [1.807, 2.05) is 24.3 Å². The molecule has 1 amide bonds. The minimum absolute atomic E-state index is 0.0671. The molecule has 29 heavy (non-hydrogen) atoms. The van der Waals surface area contributed by atoms with Gasteiger partial charge in [0, 0.05) is 23.8 Å². The Kier molecular flexibility index (Phi) is 4.07. The van der Waals surface area contributed by atoms with Crippen LogP contribution < -0.4 is 10.0 Å². The molecular formula is C20H14N4O3S2. The van der Waals surface area contributed by atoms with Crippen molar-refractivity contribution in [2.24, 2.45) is 0 Å². The number of thiazole rings is 1. The summed E-state index contributed by atoms with van der Waals surface area (Å²) in [4.78, 5) is 21.2. The van der Waals surface area contributed by atoms with Gasteiger partial charge in [-0.1, -0.05) is 12.1 Å². The van der Waals surface area contributed by atoms with Crippen molar-refractivity contribution in [1.82, 2.24) is 9.97 Å². The van der Waals surface area contributed by atoms with E-state index in [0.717, 1.165) is 10.2 Å². The zero-order chi connectivity index (χ0) is 20.0. The third-order valence-corrected chi connectivity index (χ3v) is 7.10. The minimum atomic E-state index is -3.78. The number of para-hydroxylation sites is 1. The van der Waals surface area contributed by atoms with E-state index >= 15 is 0 Å². The van der Waals surface area contributed by atoms with Crippen LogP contribution in [0.15, 0.2) is 71.9 Å². The summed E-state index contributed by atoms with van der Waals surface area (Å²) in [7, 11) is -3.78. The van der Waals surface area contributed by atoms with Crippen LogP contribution in [0, 0.1) is 0 Å². The van der Waals surface area contributed by atoms with E-state index in [2.05, 4.69) is 20.0 Å². The third-order valence-electron chi connectivity index (χ3n) is 4.64. The van der Waals surface area contributed by atoms with Gasteiger partial charge in [-0.2, -0.15) is 0 Å². The van der Waals surface area contributed by atoms with Crippen LogP contribution in [0.25, 0.3) is 10.2 Å². The molecule has 0 saturated carbocycles. The van der Waals surface area contributed by atoms with Crippen LogP contribution >= 0.6 is 11.3 Å². The van der Waals surface area contributed by atoms with Gasteiger partial charge in [-0.05, 0) is 48.0 Å². The Morgan fingerprint density at radius 1 is 1.07 bits per heavy atom. The van der Waals surface area contributed by atoms with E-state index in [1.54, 1.807) is 24.3 Å². The van der Waals surface area contributed by atoms with Crippen LogP contribution in [-0.4, -0.2) is 24.3 Å². The molecule has 0 fully saturated rings. The number of carbonyl (C=O) groups is 1. The van der Waals surface area contributed by atoms with Gasteiger partial charge in [0.25, 0.3) is 10.0 Å². The van der Waals surface area contributed by atoms with Gasteiger partial charge >= 0.3 is 0 Å². The normalized spacial score (nSPS) is 15.9. The summed E-state index contributed by atoms with van der Waals surface area (Å²) in [5, 5.41) is 3.53. The van der Waals surface area contributed by atoms with Gasteiger partial charge in [-0.3, -0.25) is 14.5 Å². The van der Waals surface area contributed by atoms with Crippen molar-refractivity contribution in [3.63, 3.8) is 0 Å². The van der Waals surface area contributed by atoms with Crippen LogP contribution in [-0.2, 0) is 14.8 Å². The molecule has 1 unspecified atom stereocenters. The molecule has 2 aromatic heterocycles. The molecular weight excluding hydrogens is 408 g/mol. The summed E-state index contributed by atoms with van der Waals surface area (Å²) in [5.41, 5.74) is 2.56. The maximum Gasteiger partial charge on any atom is 0.263 e. The van der Waals surface area contributed by atoms with Crippen LogP contribution in [0.2, 0.25) is 0 Å². The van der Waals surface area contributed by atoms with Gasteiger partial charge in [0.2, 0.25) is 5.91 Å². The summed E-state index contributed by atoms with van der Waals surface area (Å²) in [6.07, 6.45) is 2.79. The first kappa shape index (κ1) is 17.8. The Morgan fingerprint density at radius 2 is 1.93 bits per heavy atom. The molecule has 0 spiro atoms. The highest BCUT2D eigenvalue weighted by Gasteiger charge is 2.34. The van der Waals surface area contributed by atoms with Gasteiger partial charge in [0.1, 0.15) is 15.8 Å². The number of nitrogens with zero attached hydrogens (tertiary/aromatic N) is 2. The Hall–Kier alpha value is -3.30. The SMILES string of the molecule is O=C1Nc2ccc(NS(=O)(=O)c3cccnc3)cc2C1c1nc2ccccc2s1. The zero-order valence-electron chi connectivity index (χ0n) is 14.9. The Balaban J connectivity index is 1.53. The number of carbonyl (C=O) groups excluding carboxylic acids is 1. The second-order valence-corrected chi connectivity index (χ2v) is 9.28. The van der Waals surface area contributed by atoms with E-state index < -0.39 is 15.9 Å². The summed E-state index contributed by atoms with van der Waals surface area (Å²) in [6.45, 7) is 0. The lowest BCUT2D eigenvalue weighted by molar-refractivity contribution is -0.116. The number of hydrogen-bond donors (Lipinski definition) is 2. The largest absolute Gasteiger partial charge is 0.325 e. The standard InChI is InChI=1S/C20H14N4O3S2/c25-19-18(20-23-16-5-1-2-6-17(16)28-20)14-10-12(7-8-15(14)22-19)24-29(26,27)13-4-3-9-21-11-13/h1-11,18,24H,(H,22,25). The Morgan fingerprint density at radius 3 is 2.72 bits per heavy atom. The van der Waals surface area contributed by atoms with Crippen molar-refractivity contribution in [2.75, 3.05) is 10.0 Å². The maximum atomic E-state index is 12.6. The molecule has 0 bridgehead atoms. The maximum absolute atomic E-state index is 12.6. The van der Waals surface area contributed by atoms with Crippen molar-refractivity contribution < 1.29 is 13.2 Å². The average molecular weight is 422 g/mol. The first-order valence-electron chi connectivity index (χ1n) is 8.74. The highest BCUT2D eigenvalue weighted by molar-refractivity contribution is 7.92. The fourth-order valence-electron chi connectivity index (χ4n) is 3.30. The van der Waals surface area contributed by atoms with E-state index in [0.29, 0.717) is 21.9 Å². The molecule has 0 saturated heterocycles. The van der Waals surface area contributed by atoms with Crippen LogP contribution in [0.3, 0.4) is 0 Å². The molecule has 144 valence electrons. The first-order valence-corrected chi connectivity index (χ1v) is 11.0. The monoisotopic (exact) mass is 422 g/mol. The van der Waals surface area contributed by atoms with E-state index in [-0.39, 0.29) is 10.8 Å². The molecule has 5 rings (SSSR count). The van der Waals surface area contributed by atoms with E-state index in [4.69, 9.17) is 0 Å². The zero-order valence-corrected chi connectivity index (χ0v) is 16.5. The number of pyridine rings is 1. The number of fused-ring (bicyclic) bond motifs is 2. The molecule has 4 aromatic rings. The smallest absolute Gasteiger partial charge is 0.263 e. The number of benzene rings is 2. The number of hydrogen-bond acceptors (Lipinski definition) is 6. The number of rotatable bonds is 4. The summed E-state index contributed by atoms with van der Waals surface area (Å²) < 4.78 is 28.7. The quantitative estimate of drug-likeness (QED) is 0.524. The van der Waals surface area contributed by atoms with E-state index in [1.165, 1.54) is 29.8 Å². The lowest BCUT2D eigenvalue weighted by Crippen LogP contribution is -2.14. The van der Waals surface area contributed by atoms with Gasteiger partial charge in [0.15, 0.2) is 0 Å². The van der Waals surface area contributed by atoms with Crippen LogP contribution in [0.4, 0.5) is 11.4 Å². The molecule has 1 atom stereocenters. The van der Waals surface area contributed by atoms with E-state index in [9.17, 15) is 13.2 Å². The lowest BCUT2D eigenvalue weighted by atomic mass is 10.0. The molecule has 1 aliphatic rings. The van der Waals surface area contributed by atoms with Gasteiger partial charge in [0.05, 0.1) is 10.2 Å². The predicted octanol–water partition coefficient (Wildman–Crippen LogP) is 3.58. The third kappa shape index (κ3) is 3.14. The number of sulfonamides is 1. The highest BCUT2D eigenvalue weighted by Crippen LogP contribution is 2.41. The molecule has 2 aromatic carbocycles. The Labute approximate surface area is 170 Å². The minimum Gasteiger partial charge on any atom is -0.325 e. The van der Waals surface area contributed by atoms with Gasteiger partial charge < -0.3 is 5.32 Å². The number of nitrogens with one attached hydrogen (secondary N) is 2. The number of amides is 1. The lowest BCUT2D eigenvalue weighted by Gasteiger charge is -2.10. The Bertz CT molecular complexity index is 1320. The van der Waals surface area contributed by atoms with Crippen molar-refractivity contribution >= 4 is 48.9 Å². The molecule has 9 heteroatoms. The van der Waals surface area contributed by atoms with Crippen molar-refractivity contribution in [3.05, 3.63) is 77.6 Å². The van der Waals surface area contributed by atoms with Crippen molar-refractivity contribution in [3.8, 4) is 0 Å². The van der Waals surface area contributed by atoms with Crippen LogP contribution in [0.5, 0.6) is 0 Å². The summed E-state index contributed by atoms with van der Waals surface area (Å²) in [5.74, 6) is -0.753. The van der Waals surface area contributed by atoms with Gasteiger partial charge in [-0.25, -0.2) is 13.4 Å². The molecule has 0 radical (unpaired) electrons. The molecule has 3 heterocycles. The summed E-state index contributed by atoms with van der Waals surface area (Å²) >= 11 is 1.46. The number of aromatic nitrogens is 2. The van der Waals surface area contributed by atoms with Crippen molar-refractivity contribution in [2.45, 2.75) is 10.8 Å². The van der Waals surface area contributed by atoms with Gasteiger partial charge in [-0.15, -0.1) is 11.3 Å². The topological polar surface area (TPSA) is 101 Å². The van der Waals surface area contributed by atoms with Crippen molar-refractivity contribution in [1.29, 1.82) is 0 Å². The number of anilines is 2. The van der Waals surface area contributed by atoms with Crippen LogP contribution in [0.1, 0.15) is 16.5 Å². The summed E-state index contributed by atoms with van der Waals surface area (Å²) in [6, 6.07) is 15.7. The second kappa shape index (κ2) is 6.64. The fourth-order valence-corrected chi connectivity index (χ4v) is 5.40. The highest BCUT2D eigenvalue weighted by atomic mass is 32.2. The fraction of sp³-hybridized carbons (Fsp3) is 0.0500. The molecule has 2 N–H and O–H groups in total.